The Hall–Kier alpha value is -0.893. The molecule has 1 aliphatic rings. The second-order valence-corrected chi connectivity index (χ2v) is 14.7. The smallest absolute Gasteiger partial charge is 0.250 e. The molecule has 0 aromatic heterocycles. The molecule has 7 heteroatoms. The van der Waals surface area contributed by atoms with Crippen LogP contribution in [0.1, 0.15) is 20.8 Å². The van der Waals surface area contributed by atoms with Crippen molar-refractivity contribution in [2.45, 2.75) is 43.8 Å². The van der Waals surface area contributed by atoms with Gasteiger partial charge in [-0.3, -0.25) is 0 Å². The van der Waals surface area contributed by atoms with E-state index in [2.05, 4.69) is 38.8 Å². The average Bonchev–Trinajstić information content (AvgIpc) is 2.46. The van der Waals surface area contributed by atoms with Gasteiger partial charge in [0.25, 0.3) is 0 Å². The minimum absolute atomic E-state index is 0.109. The van der Waals surface area contributed by atoms with Crippen LogP contribution in [0.5, 0.6) is 5.75 Å². The lowest BCUT2D eigenvalue weighted by molar-refractivity contribution is 0.222. The minimum atomic E-state index is -3.41. The maximum Gasteiger partial charge on any atom is 0.250 e. The molecule has 2 rings (SSSR count). The second-order valence-electron chi connectivity index (χ2n) is 8.04. The first-order valence-electron chi connectivity index (χ1n) is 8.41. The van der Waals surface area contributed by atoms with E-state index in [9.17, 15) is 8.42 Å². The molecule has 0 radical (unpaired) electrons. The van der Waals surface area contributed by atoms with Gasteiger partial charge in [-0.25, -0.2) is 8.42 Å². The third kappa shape index (κ3) is 4.19. The van der Waals surface area contributed by atoms with Crippen LogP contribution in [-0.4, -0.2) is 59.2 Å². The maximum absolute atomic E-state index is 12.7. The summed E-state index contributed by atoms with van der Waals surface area (Å²) in [5.41, 5.74) is 0. The number of hydrogen-bond donors (Lipinski definition) is 0. The van der Waals surface area contributed by atoms with Crippen LogP contribution in [-0.2, 0) is 10.0 Å². The topological polar surface area (TPSA) is 49.9 Å². The summed E-state index contributed by atoms with van der Waals surface area (Å²) in [4.78, 5) is 2.48. The summed E-state index contributed by atoms with van der Waals surface area (Å²) < 4.78 is 33.2. The van der Waals surface area contributed by atoms with Gasteiger partial charge >= 0.3 is 0 Å². The first kappa shape index (κ1) is 19.4. The lowest BCUT2D eigenvalue weighted by Crippen LogP contribution is -2.47. The molecule has 1 aromatic rings. The molecule has 0 unspecified atom stereocenters. The number of nitrogens with zero attached hydrogens (tertiary/aromatic N) is 2. The maximum atomic E-state index is 12.7. The molecule has 0 N–H and O–H groups in total. The van der Waals surface area contributed by atoms with Crippen LogP contribution in [0.3, 0.4) is 0 Å². The highest BCUT2D eigenvalue weighted by Gasteiger charge is 2.39. The summed E-state index contributed by atoms with van der Waals surface area (Å²) in [7, 11) is -3.32. The molecule has 5 nitrogen and oxygen atoms in total. The van der Waals surface area contributed by atoms with Gasteiger partial charge in [-0.15, -0.1) is 0 Å². The van der Waals surface area contributed by atoms with Crippen LogP contribution < -0.4 is 4.43 Å². The highest BCUT2D eigenvalue weighted by molar-refractivity contribution is 7.89. The summed E-state index contributed by atoms with van der Waals surface area (Å²) >= 11 is 0. The highest BCUT2D eigenvalue weighted by atomic mass is 32.2. The van der Waals surface area contributed by atoms with Crippen molar-refractivity contribution in [2.24, 2.45) is 0 Å². The molecule has 24 heavy (non-hydrogen) atoms. The molecule has 0 amide bonds. The van der Waals surface area contributed by atoms with Crippen molar-refractivity contribution in [2.75, 3.05) is 33.2 Å². The van der Waals surface area contributed by atoms with E-state index in [0.717, 1.165) is 18.8 Å². The molecule has 0 bridgehead atoms. The predicted octanol–water partition coefficient (Wildman–Crippen LogP) is 3.01. The van der Waals surface area contributed by atoms with Crippen LogP contribution in [0.15, 0.2) is 29.2 Å². The van der Waals surface area contributed by atoms with Gasteiger partial charge in [-0.2, -0.15) is 4.31 Å². The van der Waals surface area contributed by atoms with E-state index in [-0.39, 0.29) is 5.04 Å². The van der Waals surface area contributed by atoms with E-state index in [1.165, 1.54) is 0 Å². The van der Waals surface area contributed by atoms with Crippen molar-refractivity contribution in [3.05, 3.63) is 24.3 Å². The largest absolute Gasteiger partial charge is 0.544 e. The first-order chi connectivity index (χ1) is 10.9. The Kier molecular flexibility index (Phi) is 5.49. The molecule has 1 fully saturated rings. The SMILES string of the molecule is CN1CCN(S(=O)(=O)c2ccc(O[Si](C)(C)C(C)(C)C)cc2)CC1. The minimum Gasteiger partial charge on any atom is -0.544 e. The molecule has 1 aliphatic heterocycles. The molecule has 136 valence electrons. The summed E-state index contributed by atoms with van der Waals surface area (Å²) in [6, 6.07) is 6.89. The molecule has 0 spiro atoms. The van der Waals surface area contributed by atoms with Crippen molar-refractivity contribution in [1.82, 2.24) is 9.21 Å². The molecule has 0 atom stereocenters. The van der Waals surface area contributed by atoms with E-state index in [1.54, 1.807) is 28.6 Å². The first-order valence-corrected chi connectivity index (χ1v) is 12.8. The zero-order valence-corrected chi connectivity index (χ0v) is 17.5. The van der Waals surface area contributed by atoms with Gasteiger partial charge < -0.3 is 9.33 Å². The highest BCUT2D eigenvalue weighted by Crippen LogP contribution is 2.37. The van der Waals surface area contributed by atoms with E-state index >= 15 is 0 Å². The molecule has 0 saturated carbocycles. The summed E-state index contributed by atoms with van der Waals surface area (Å²) in [6.45, 7) is 13.5. The lowest BCUT2D eigenvalue weighted by atomic mass is 10.2. The lowest BCUT2D eigenvalue weighted by Gasteiger charge is -2.36. The Balaban J connectivity index is 2.14. The van der Waals surface area contributed by atoms with Crippen molar-refractivity contribution < 1.29 is 12.8 Å². The van der Waals surface area contributed by atoms with Gasteiger partial charge in [-0.1, -0.05) is 20.8 Å². The number of hydrogen-bond acceptors (Lipinski definition) is 4. The number of rotatable bonds is 4. The molecular weight excluding hydrogens is 340 g/mol. The van der Waals surface area contributed by atoms with Gasteiger partial charge in [-0.05, 0) is 49.4 Å². The fourth-order valence-corrected chi connectivity index (χ4v) is 4.76. The standard InChI is InChI=1S/C17H30N2O3SSi/c1-17(2,3)24(5,6)22-15-7-9-16(10-8-15)23(20,21)19-13-11-18(4)12-14-19/h7-10H,11-14H2,1-6H3. The van der Waals surface area contributed by atoms with Crippen molar-refractivity contribution >= 4 is 18.3 Å². The third-order valence-corrected chi connectivity index (χ3v) is 11.4. The Bertz CT molecular complexity index is 658. The van der Waals surface area contributed by atoms with Crippen LogP contribution in [0.4, 0.5) is 0 Å². The molecule has 1 heterocycles. The fraction of sp³-hybridized carbons (Fsp3) is 0.647. The van der Waals surface area contributed by atoms with Crippen molar-refractivity contribution in [3.8, 4) is 5.75 Å². The Morgan fingerprint density at radius 3 is 1.96 bits per heavy atom. The van der Waals surface area contributed by atoms with Gasteiger partial charge in [0.15, 0.2) is 0 Å². The van der Waals surface area contributed by atoms with Gasteiger partial charge in [0.05, 0.1) is 4.90 Å². The van der Waals surface area contributed by atoms with Crippen LogP contribution in [0, 0.1) is 0 Å². The monoisotopic (exact) mass is 370 g/mol. The normalized spacial score (nSPS) is 18.6. The van der Waals surface area contributed by atoms with E-state index in [4.69, 9.17) is 4.43 Å². The van der Waals surface area contributed by atoms with Gasteiger partial charge in [0.1, 0.15) is 5.75 Å². The Morgan fingerprint density at radius 1 is 1.00 bits per heavy atom. The second kappa shape index (κ2) is 6.78. The van der Waals surface area contributed by atoms with E-state index < -0.39 is 18.3 Å². The van der Waals surface area contributed by atoms with Crippen LogP contribution in [0.25, 0.3) is 0 Å². The van der Waals surface area contributed by atoms with Crippen LogP contribution in [0.2, 0.25) is 18.1 Å². The zero-order chi connectivity index (χ0) is 18.2. The van der Waals surface area contributed by atoms with E-state index in [1.807, 2.05) is 7.05 Å². The van der Waals surface area contributed by atoms with Crippen molar-refractivity contribution in [1.29, 1.82) is 0 Å². The summed E-state index contributed by atoms with van der Waals surface area (Å²) in [6.07, 6.45) is 0. The van der Waals surface area contributed by atoms with Crippen LogP contribution >= 0.6 is 0 Å². The van der Waals surface area contributed by atoms with E-state index in [0.29, 0.717) is 18.0 Å². The number of benzene rings is 1. The molecule has 1 aromatic carbocycles. The Morgan fingerprint density at radius 2 is 1.50 bits per heavy atom. The Labute approximate surface area is 147 Å². The van der Waals surface area contributed by atoms with Gasteiger partial charge in [0, 0.05) is 26.2 Å². The number of sulfonamides is 1. The fourth-order valence-electron chi connectivity index (χ4n) is 2.30. The molecule has 0 aliphatic carbocycles. The quantitative estimate of drug-likeness (QED) is 0.765. The number of piperazine rings is 1. The summed E-state index contributed by atoms with van der Waals surface area (Å²) in [5, 5.41) is 0.109. The predicted molar refractivity (Wildman–Crippen MR) is 101 cm³/mol. The average molecular weight is 371 g/mol. The number of likely N-dealkylation sites (N-methyl/N-ethyl adjacent to an activating group) is 1. The van der Waals surface area contributed by atoms with Gasteiger partial charge in [0.2, 0.25) is 18.3 Å². The summed E-state index contributed by atoms with van der Waals surface area (Å²) in [5.74, 6) is 0.749. The van der Waals surface area contributed by atoms with Crippen molar-refractivity contribution in [3.63, 3.8) is 0 Å². The third-order valence-electron chi connectivity index (χ3n) is 5.10. The zero-order valence-electron chi connectivity index (χ0n) is 15.7. The molecule has 1 saturated heterocycles. The molecular formula is C17H30N2O3SSi.